The predicted octanol–water partition coefficient (Wildman–Crippen LogP) is 0.872. The molecule has 1 aliphatic rings. The van der Waals surface area contributed by atoms with Crippen molar-refractivity contribution in [1.82, 2.24) is 10.6 Å². The second-order valence-electron chi connectivity index (χ2n) is 6.94. The van der Waals surface area contributed by atoms with Crippen LogP contribution < -0.4 is 16.4 Å². The monoisotopic (exact) mass is 341 g/mol. The molecule has 0 heterocycles. The van der Waals surface area contributed by atoms with Crippen LogP contribution >= 0.6 is 0 Å². The minimum Gasteiger partial charge on any atom is -0.480 e. The first-order valence-electron chi connectivity index (χ1n) is 8.82. The smallest absolute Gasteiger partial charge is 0.325 e. The predicted molar refractivity (Wildman–Crippen MR) is 91.1 cm³/mol. The molecule has 0 spiro atoms. The van der Waals surface area contributed by atoms with Gasteiger partial charge in [0.1, 0.15) is 6.04 Å². The summed E-state index contributed by atoms with van der Waals surface area (Å²) < 4.78 is 0. The number of rotatable bonds is 8. The highest BCUT2D eigenvalue weighted by Gasteiger charge is 2.28. The van der Waals surface area contributed by atoms with Crippen molar-refractivity contribution in [3.63, 3.8) is 0 Å². The number of amides is 2. The molecule has 0 saturated heterocycles. The molecule has 7 heteroatoms. The summed E-state index contributed by atoms with van der Waals surface area (Å²) in [6.07, 6.45) is 3.99. The fourth-order valence-electron chi connectivity index (χ4n) is 2.90. The quantitative estimate of drug-likeness (QED) is 0.522. The molecular weight excluding hydrogens is 310 g/mol. The highest BCUT2D eigenvalue weighted by atomic mass is 16.4. The summed E-state index contributed by atoms with van der Waals surface area (Å²) in [5.41, 5.74) is 5.91. The Kier molecular flexibility index (Phi) is 8.18. The van der Waals surface area contributed by atoms with Crippen LogP contribution in [0.15, 0.2) is 0 Å². The van der Waals surface area contributed by atoms with Gasteiger partial charge >= 0.3 is 5.97 Å². The summed E-state index contributed by atoms with van der Waals surface area (Å²) in [5.74, 6) is -0.969. The van der Waals surface area contributed by atoms with Crippen LogP contribution in [0, 0.1) is 17.8 Å². The third-order valence-corrected chi connectivity index (χ3v) is 5.07. The number of carbonyl (C=O) groups is 3. The van der Waals surface area contributed by atoms with Crippen LogP contribution in [-0.4, -0.2) is 41.5 Å². The fourth-order valence-corrected chi connectivity index (χ4v) is 2.90. The van der Waals surface area contributed by atoms with Gasteiger partial charge in [-0.3, -0.25) is 14.4 Å². The van der Waals surface area contributed by atoms with Gasteiger partial charge in [0.15, 0.2) is 0 Å². The zero-order valence-electron chi connectivity index (χ0n) is 14.9. The molecule has 1 rings (SSSR count). The van der Waals surface area contributed by atoms with Crippen molar-refractivity contribution in [2.45, 2.75) is 65.0 Å². The lowest BCUT2D eigenvalue weighted by Gasteiger charge is -2.29. The van der Waals surface area contributed by atoms with Gasteiger partial charge in [-0.15, -0.1) is 0 Å². The van der Waals surface area contributed by atoms with Gasteiger partial charge in [-0.2, -0.15) is 0 Å². The van der Waals surface area contributed by atoms with Crippen LogP contribution in [0.25, 0.3) is 0 Å². The zero-order chi connectivity index (χ0) is 18.3. The van der Waals surface area contributed by atoms with Crippen molar-refractivity contribution in [1.29, 1.82) is 0 Å². The average Bonchev–Trinajstić information content (AvgIpc) is 2.58. The molecule has 1 saturated carbocycles. The molecule has 1 aliphatic carbocycles. The van der Waals surface area contributed by atoms with Crippen LogP contribution in [0.1, 0.15) is 52.9 Å². The Labute approximate surface area is 143 Å². The number of nitrogens with two attached hydrogens (primary N) is 1. The van der Waals surface area contributed by atoms with E-state index in [9.17, 15) is 14.4 Å². The number of carbonyl (C=O) groups excluding carboxylic acids is 2. The van der Waals surface area contributed by atoms with E-state index in [-0.39, 0.29) is 23.7 Å². The molecule has 138 valence electrons. The Morgan fingerprint density at radius 1 is 1.17 bits per heavy atom. The SMILES string of the molecule is CCC(C)[C@H](N)C(=O)NCC1CCC(C(=O)N[C@@H](C)C(=O)O)CC1. The van der Waals surface area contributed by atoms with Crippen LogP contribution in [0.2, 0.25) is 0 Å². The van der Waals surface area contributed by atoms with Crippen LogP contribution in [0.3, 0.4) is 0 Å². The van der Waals surface area contributed by atoms with Gasteiger partial charge in [-0.25, -0.2) is 0 Å². The van der Waals surface area contributed by atoms with Crippen molar-refractivity contribution < 1.29 is 19.5 Å². The third-order valence-electron chi connectivity index (χ3n) is 5.07. The van der Waals surface area contributed by atoms with Crippen molar-refractivity contribution in [2.75, 3.05) is 6.54 Å². The van der Waals surface area contributed by atoms with E-state index in [2.05, 4.69) is 10.6 Å². The lowest BCUT2D eigenvalue weighted by Crippen LogP contribution is -2.46. The maximum Gasteiger partial charge on any atom is 0.325 e. The van der Waals surface area contributed by atoms with Crippen molar-refractivity contribution in [2.24, 2.45) is 23.5 Å². The molecule has 1 fully saturated rings. The number of hydrogen-bond donors (Lipinski definition) is 4. The summed E-state index contributed by atoms with van der Waals surface area (Å²) in [7, 11) is 0. The Morgan fingerprint density at radius 2 is 1.75 bits per heavy atom. The highest BCUT2D eigenvalue weighted by Crippen LogP contribution is 2.28. The number of nitrogens with one attached hydrogen (secondary N) is 2. The average molecular weight is 341 g/mol. The molecule has 0 aromatic carbocycles. The summed E-state index contributed by atoms with van der Waals surface area (Å²) in [4.78, 5) is 34.8. The summed E-state index contributed by atoms with van der Waals surface area (Å²) >= 11 is 0. The van der Waals surface area contributed by atoms with Crippen LogP contribution in [0.5, 0.6) is 0 Å². The van der Waals surface area contributed by atoms with Gasteiger partial charge in [-0.05, 0) is 44.4 Å². The van der Waals surface area contributed by atoms with Crippen molar-refractivity contribution >= 4 is 17.8 Å². The van der Waals surface area contributed by atoms with Gasteiger partial charge in [0.2, 0.25) is 11.8 Å². The molecule has 1 unspecified atom stereocenters. The summed E-state index contributed by atoms with van der Waals surface area (Å²) in [5, 5.41) is 14.3. The Hall–Kier alpha value is -1.63. The largest absolute Gasteiger partial charge is 0.480 e. The molecule has 0 aliphatic heterocycles. The molecule has 2 amide bonds. The standard InChI is InChI=1S/C17H31N3O4/c1-4-10(2)14(18)16(22)19-9-12-5-7-13(8-6-12)15(21)20-11(3)17(23)24/h10-14H,4-9,18H2,1-3H3,(H,19,22)(H,20,21)(H,23,24)/t10?,11-,12?,13?,14-/m0/s1. The number of aliphatic carboxylic acids is 1. The highest BCUT2D eigenvalue weighted by molar-refractivity contribution is 5.84. The zero-order valence-corrected chi connectivity index (χ0v) is 14.9. The van der Waals surface area contributed by atoms with Gasteiger partial charge in [0, 0.05) is 12.5 Å². The lowest BCUT2D eigenvalue weighted by molar-refractivity contribution is -0.142. The van der Waals surface area contributed by atoms with E-state index in [1.54, 1.807) is 0 Å². The van der Waals surface area contributed by atoms with Crippen molar-refractivity contribution in [3.8, 4) is 0 Å². The molecule has 5 N–H and O–H groups in total. The first kappa shape index (κ1) is 20.4. The van der Waals surface area contributed by atoms with E-state index in [0.717, 1.165) is 32.1 Å². The Morgan fingerprint density at radius 3 is 2.25 bits per heavy atom. The number of carboxylic acid groups (broad SMARTS) is 1. The Balaban J connectivity index is 2.32. The van der Waals surface area contributed by atoms with E-state index >= 15 is 0 Å². The summed E-state index contributed by atoms with van der Waals surface area (Å²) in [6.45, 7) is 6.02. The first-order valence-corrected chi connectivity index (χ1v) is 8.82. The van der Waals surface area contributed by atoms with Gasteiger partial charge in [-0.1, -0.05) is 20.3 Å². The second kappa shape index (κ2) is 9.61. The van der Waals surface area contributed by atoms with E-state index in [0.29, 0.717) is 12.5 Å². The van der Waals surface area contributed by atoms with Crippen LogP contribution in [0.4, 0.5) is 0 Å². The van der Waals surface area contributed by atoms with E-state index in [4.69, 9.17) is 10.8 Å². The third kappa shape index (κ3) is 6.11. The molecular formula is C17H31N3O4. The normalized spacial score (nSPS) is 24.5. The van der Waals surface area contributed by atoms with Gasteiger partial charge in [0.25, 0.3) is 0 Å². The fraction of sp³-hybridized carbons (Fsp3) is 0.824. The van der Waals surface area contributed by atoms with E-state index < -0.39 is 18.1 Å². The molecule has 3 atom stereocenters. The summed E-state index contributed by atoms with van der Waals surface area (Å²) in [6, 6.07) is -1.34. The molecule has 0 aromatic heterocycles. The number of hydrogen-bond acceptors (Lipinski definition) is 4. The Bertz CT molecular complexity index is 447. The maximum atomic E-state index is 12.0. The molecule has 7 nitrogen and oxygen atoms in total. The topological polar surface area (TPSA) is 122 Å². The minimum atomic E-state index is -1.03. The van der Waals surface area contributed by atoms with Crippen molar-refractivity contribution in [3.05, 3.63) is 0 Å². The first-order chi connectivity index (χ1) is 11.3. The van der Waals surface area contributed by atoms with Crippen LogP contribution in [-0.2, 0) is 14.4 Å². The lowest BCUT2D eigenvalue weighted by atomic mass is 9.81. The van der Waals surface area contributed by atoms with E-state index in [1.807, 2.05) is 13.8 Å². The van der Waals surface area contributed by atoms with E-state index in [1.165, 1.54) is 6.92 Å². The molecule has 0 aromatic rings. The molecule has 0 bridgehead atoms. The second-order valence-corrected chi connectivity index (χ2v) is 6.94. The number of carboxylic acids is 1. The molecule has 24 heavy (non-hydrogen) atoms. The van der Waals surface area contributed by atoms with Gasteiger partial charge in [0.05, 0.1) is 6.04 Å². The molecule has 0 radical (unpaired) electrons. The minimum absolute atomic E-state index is 0.112. The van der Waals surface area contributed by atoms with Gasteiger partial charge < -0.3 is 21.5 Å². The maximum absolute atomic E-state index is 12.0.